The van der Waals surface area contributed by atoms with Gasteiger partial charge in [0.15, 0.2) is 0 Å². The van der Waals surface area contributed by atoms with Crippen LogP contribution in [0.3, 0.4) is 0 Å². The molecule has 0 aliphatic rings. The fraction of sp³-hybridized carbons (Fsp3) is 0.182. The monoisotopic (exact) mass is 248 g/mol. The predicted octanol–water partition coefficient (Wildman–Crippen LogP) is 2.14. The van der Waals surface area contributed by atoms with E-state index < -0.39 is 0 Å². The van der Waals surface area contributed by atoms with Crippen molar-refractivity contribution in [2.75, 3.05) is 17.7 Å². The number of hydrogen-bond donors (Lipinski definition) is 2. The Kier molecular flexibility index (Phi) is 3.34. The Morgan fingerprint density at radius 3 is 2.82 bits per heavy atom. The van der Waals surface area contributed by atoms with Gasteiger partial charge in [-0.05, 0) is 30.7 Å². The van der Waals surface area contributed by atoms with Gasteiger partial charge in [-0.3, -0.25) is 4.79 Å². The molecule has 0 aliphatic carbocycles. The second-order valence-corrected chi connectivity index (χ2v) is 4.30. The summed E-state index contributed by atoms with van der Waals surface area (Å²) in [4.78, 5) is 11.9. The molecule has 0 saturated carbocycles. The number of nitrogens with zero attached hydrogens (tertiary/aromatic N) is 2. The molecule has 2 aromatic rings. The van der Waals surface area contributed by atoms with Crippen molar-refractivity contribution in [1.82, 2.24) is 9.59 Å². The number of rotatable bonds is 3. The molecule has 0 unspecified atom stereocenters. The Bertz CT molecular complexity index is 524. The molecule has 1 aromatic heterocycles. The topological polar surface area (TPSA) is 66.9 Å². The number of carbonyl (C=O) groups excluding carboxylic acids is 1. The molecule has 6 heteroatoms. The molecule has 1 aromatic carbocycles. The van der Waals surface area contributed by atoms with Crippen LogP contribution in [0.15, 0.2) is 24.4 Å². The van der Waals surface area contributed by atoms with Crippen LogP contribution in [0.25, 0.3) is 0 Å². The van der Waals surface area contributed by atoms with Gasteiger partial charge in [0.25, 0.3) is 5.91 Å². The maximum atomic E-state index is 11.9. The van der Waals surface area contributed by atoms with Crippen molar-refractivity contribution in [1.29, 1.82) is 0 Å². The molecule has 1 heterocycles. The molecule has 0 saturated heterocycles. The number of benzene rings is 1. The van der Waals surface area contributed by atoms with Gasteiger partial charge >= 0.3 is 0 Å². The average molecular weight is 248 g/mol. The fourth-order valence-electron chi connectivity index (χ4n) is 1.49. The quantitative estimate of drug-likeness (QED) is 0.873. The lowest BCUT2D eigenvalue weighted by Crippen LogP contribution is -2.11. The standard InChI is InChI=1S/C11H12N4OS/c1-7-5-8(3-4-9(7)12-2)11(16)14-10-6-13-15-17-10/h3-6,12H,1-2H3,(H,14,16). The Morgan fingerprint density at radius 2 is 2.24 bits per heavy atom. The van der Waals surface area contributed by atoms with Crippen LogP contribution in [0.2, 0.25) is 0 Å². The van der Waals surface area contributed by atoms with Crippen molar-refractivity contribution in [3.8, 4) is 0 Å². The molecule has 0 spiro atoms. The largest absolute Gasteiger partial charge is 0.388 e. The second kappa shape index (κ2) is 4.92. The van der Waals surface area contributed by atoms with Gasteiger partial charge in [0.1, 0.15) is 5.00 Å². The highest BCUT2D eigenvalue weighted by Gasteiger charge is 2.08. The van der Waals surface area contributed by atoms with Crippen LogP contribution in [0.5, 0.6) is 0 Å². The third kappa shape index (κ3) is 2.59. The highest BCUT2D eigenvalue weighted by Crippen LogP contribution is 2.17. The van der Waals surface area contributed by atoms with E-state index in [1.165, 1.54) is 6.20 Å². The molecular weight excluding hydrogens is 236 g/mol. The van der Waals surface area contributed by atoms with Crippen LogP contribution < -0.4 is 10.6 Å². The summed E-state index contributed by atoms with van der Waals surface area (Å²) in [7, 11) is 1.85. The van der Waals surface area contributed by atoms with Gasteiger partial charge in [0.2, 0.25) is 0 Å². The van der Waals surface area contributed by atoms with E-state index in [0.29, 0.717) is 10.6 Å². The molecule has 0 aliphatic heterocycles. The van der Waals surface area contributed by atoms with Gasteiger partial charge < -0.3 is 10.6 Å². The molecular formula is C11H12N4OS. The highest BCUT2D eigenvalue weighted by molar-refractivity contribution is 7.10. The first-order valence-corrected chi connectivity index (χ1v) is 5.85. The Labute approximate surface area is 103 Å². The SMILES string of the molecule is CNc1ccc(C(=O)Nc2cnns2)cc1C. The van der Waals surface area contributed by atoms with Gasteiger partial charge in [0.05, 0.1) is 6.20 Å². The summed E-state index contributed by atoms with van der Waals surface area (Å²) in [6, 6.07) is 5.51. The van der Waals surface area contributed by atoms with E-state index in [9.17, 15) is 4.79 Å². The van der Waals surface area contributed by atoms with Crippen LogP contribution >= 0.6 is 11.5 Å². The zero-order valence-corrected chi connectivity index (χ0v) is 10.3. The van der Waals surface area contributed by atoms with Crippen LogP contribution in [0, 0.1) is 6.92 Å². The minimum atomic E-state index is -0.151. The van der Waals surface area contributed by atoms with Gasteiger partial charge in [-0.25, -0.2) is 0 Å². The molecule has 5 nitrogen and oxygen atoms in total. The van der Waals surface area contributed by atoms with E-state index in [2.05, 4.69) is 20.2 Å². The molecule has 2 rings (SSSR count). The summed E-state index contributed by atoms with van der Waals surface area (Å²) in [6.45, 7) is 1.96. The number of hydrogen-bond acceptors (Lipinski definition) is 5. The minimum absolute atomic E-state index is 0.151. The van der Waals surface area contributed by atoms with Crippen molar-refractivity contribution < 1.29 is 4.79 Å². The van der Waals surface area contributed by atoms with Crippen molar-refractivity contribution in [3.05, 3.63) is 35.5 Å². The minimum Gasteiger partial charge on any atom is -0.388 e. The van der Waals surface area contributed by atoms with Gasteiger partial charge in [-0.2, -0.15) is 0 Å². The molecule has 88 valence electrons. The molecule has 0 radical (unpaired) electrons. The summed E-state index contributed by atoms with van der Waals surface area (Å²) in [5.74, 6) is -0.151. The Balaban J connectivity index is 2.17. The van der Waals surface area contributed by atoms with Crippen molar-refractivity contribution in [2.24, 2.45) is 0 Å². The molecule has 1 amide bonds. The number of anilines is 2. The zero-order chi connectivity index (χ0) is 12.3. The summed E-state index contributed by atoms with van der Waals surface area (Å²) in [5, 5.41) is 10.1. The average Bonchev–Trinajstić information content (AvgIpc) is 2.81. The van der Waals surface area contributed by atoms with E-state index >= 15 is 0 Å². The maximum Gasteiger partial charge on any atom is 0.256 e. The number of amides is 1. The molecule has 0 bridgehead atoms. The first kappa shape index (κ1) is 11.5. The van der Waals surface area contributed by atoms with E-state index in [4.69, 9.17) is 0 Å². The number of nitrogens with one attached hydrogen (secondary N) is 2. The smallest absolute Gasteiger partial charge is 0.256 e. The second-order valence-electron chi connectivity index (χ2n) is 3.52. The van der Waals surface area contributed by atoms with Crippen LogP contribution in [-0.4, -0.2) is 22.5 Å². The zero-order valence-electron chi connectivity index (χ0n) is 9.52. The van der Waals surface area contributed by atoms with Crippen molar-refractivity contribution in [3.63, 3.8) is 0 Å². The predicted molar refractivity (Wildman–Crippen MR) is 68.6 cm³/mol. The van der Waals surface area contributed by atoms with E-state index in [0.717, 1.165) is 22.8 Å². The molecule has 17 heavy (non-hydrogen) atoms. The maximum absolute atomic E-state index is 11.9. The lowest BCUT2D eigenvalue weighted by Gasteiger charge is -2.07. The summed E-state index contributed by atoms with van der Waals surface area (Å²) in [6.07, 6.45) is 1.53. The number of carbonyl (C=O) groups is 1. The fourth-order valence-corrected chi connectivity index (χ4v) is 1.91. The van der Waals surface area contributed by atoms with Crippen LogP contribution in [0.1, 0.15) is 15.9 Å². The Hall–Kier alpha value is -1.95. The van der Waals surface area contributed by atoms with Crippen molar-refractivity contribution >= 4 is 28.1 Å². The summed E-state index contributed by atoms with van der Waals surface area (Å²) in [5.41, 5.74) is 2.67. The third-order valence-electron chi connectivity index (χ3n) is 2.36. The van der Waals surface area contributed by atoms with Crippen molar-refractivity contribution in [2.45, 2.75) is 6.92 Å². The first-order valence-electron chi connectivity index (χ1n) is 5.08. The van der Waals surface area contributed by atoms with Crippen LogP contribution in [0.4, 0.5) is 10.7 Å². The first-order chi connectivity index (χ1) is 8.20. The van der Waals surface area contributed by atoms with Gasteiger partial charge in [0, 0.05) is 29.8 Å². The number of aryl methyl sites for hydroxylation is 1. The Morgan fingerprint density at radius 1 is 1.41 bits per heavy atom. The normalized spacial score (nSPS) is 10.0. The molecule has 2 N–H and O–H groups in total. The van der Waals surface area contributed by atoms with E-state index in [1.54, 1.807) is 6.07 Å². The van der Waals surface area contributed by atoms with E-state index in [1.807, 2.05) is 26.1 Å². The molecule has 0 atom stereocenters. The molecule has 0 fully saturated rings. The van der Waals surface area contributed by atoms with Gasteiger partial charge in [-0.1, -0.05) is 4.49 Å². The lowest BCUT2D eigenvalue weighted by molar-refractivity contribution is 0.102. The summed E-state index contributed by atoms with van der Waals surface area (Å²) >= 11 is 1.15. The number of aromatic nitrogens is 2. The van der Waals surface area contributed by atoms with E-state index in [-0.39, 0.29) is 5.91 Å². The lowest BCUT2D eigenvalue weighted by atomic mass is 10.1. The summed E-state index contributed by atoms with van der Waals surface area (Å²) < 4.78 is 3.68. The van der Waals surface area contributed by atoms with Crippen LogP contribution in [-0.2, 0) is 0 Å². The highest BCUT2D eigenvalue weighted by atomic mass is 32.1. The van der Waals surface area contributed by atoms with Gasteiger partial charge in [-0.15, -0.1) is 5.10 Å². The third-order valence-corrected chi connectivity index (χ3v) is 2.94.